The van der Waals surface area contributed by atoms with E-state index in [-0.39, 0.29) is 5.91 Å². The van der Waals surface area contributed by atoms with Gasteiger partial charge in [-0.15, -0.1) is 0 Å². The monoisotopic (exact) mass is 274 g/mol. The van der Waals surface area contributed by atoms with Gasteiger partial charge >= 0.3 is 5.97 Å². The topological polar surface area (TPSA) is 99.4 Å². The molecule has 0 aromatic heterocycles. The molecule has 104 valence electrons. The van der Waals surface area contributed by atoms with E-state index in [0.29, 0.717) is 24.9 Å². The molecule has 6 heteroatoms. The van der Waals surface area contributed by atoms with Crippen molar-refractivity contribution < 1.29 is 19.4 Å². The fourth-order valence-corrected chi connectivity index (χ4v) is 2.03. The molecule has 1 amide bonds. The Bertz CT molecular complexity index is 547. The fraction of sp³-hybridized carbons (Fsp3) is 0.357. The molecule has 1 aromatic rings. The van der Waals surface area contributed by atoms with Crippen molar-refractivity contribution in [3.05, 3.63) is 29.8 Å². The Kier molecular flexibility index (Phi) is 4.33. The summed E-state index contributed by atoms with van der Waals surface area (Å²) in [6.07, 6.45) is -0.567. The van der Waals surface area contributed by atoms with Crippen LogP contribution in [0.15, 0.2) is 24.3 Å². The third-order valence-corrected chi connectivity index (χ3v) is 3.09. The van der Waals surface area contributed by atoms with E-state index in [0.717, 1.165) is 5.56 Å². The first-order valence-corrected chi connectivity index (χ1v) is 6.25. The minimum atomic E-state index is -1.04. The molecule has 0 spiro atoms. The Morgan fingerprint density at radius 3 is 2.50 bits per heavy atom. The van der Waals surface area contributed by atoms with Gasteiger partial charge in [-0.2, -0.15) is 5.26 Å². The largest absolute Gasteiger partial charge is 0.479 e. The maximum atomic E-state index is 11.9. The number of carbonyl (C=O) groups excluding carboxylic acids is 1. The molecule has 1 saturated heterocycles. The number of carboxylic acids is 1. The van der Waals surface area contributed by atoms with Gasteiger partial charge in [0.1, 0.15) is 6.10 Å². The first kappa shape index (κ1) is 14.0. The average molecular weight is 274 g/mol. The van der Waals surface area contributed by atoms with Gasteiger partial charge in [-0.05, 0) is 30.5 Å². The summed E-state index contributed by atoms with van der Waals surface area (Å²) in [5, 5.41) is 20.0. The number of amides is 1. The highest BCUT2D eigenvalue weighted by atomic mass is 16.5. The normalized spacial score (nSPS) is 21.1. The van der Waals surface area contributed by atoms with Crippen molar-refractivity contribution in [1.29, 1.82) is 5.26 Å². The maximum absolute atomic E-state index is 11.9. The lowest BCUT2D eigenvalue weighted by molar-refractivity contribution is -0.150. The first-order valence-electron chi connectivity index (χ1n) is 6.25. The van der Waals surface area contributed by atoms with Crippen LogP contribution in [0, 0.1) is 11.3 Å². The summed E-state index contributed by atoms with van der Waals surface area (Å²) in [6.45, 7) is 0. The Labute approximate surface area is 116 Å². The number of benzene rings is 1. The second kappa shape index (κ2) is 6.17. The Hall–Kier alpha value is -2.39. The molecule has 6 nitrogen and oxygen atoms in total. The van der Waals surface area contributed by atoms with Crippen molar-refractivity contribution in [2.24, 2.45) is 0 Å². The molecule has 0 saturated carbocycles. The summed E-state index contributed by atoms with van der Waals surface area (Å²) >= 11 is 0. The summed E-state index contributed by atoms with van der Waals surface area (Å²) < 4.78 is 5.16. The molecule has 1 heterocycles. The molecule has 2 N–H and O–H groups in total. The van der Waals surface area contributed by atoms with Crippen molar-refractivity contribution in [3.63, 3.8) is 0 Å². The highest BCUT2D eigenvalue weighted by Crippen LogP contribution is 2.21. The summed E-state index contributed by atoms with van der Waals surface area (Å²) in [7, 11) is 0. The first-order chi connectivity index (χ1) is 9.60. The minimum absolute atomic E-state index is 0.320. The summed E-state index contributed by atoms with van der Waals surface area (Å²) in [4.78, 5) is 22.7. The number of carbonyl (C=O) groups is 2. The molecule has 2 rings (SSSR count). The van der Waals surface area contributed by atoms with Crippen LogP contribution in [0.4, 0.5) is 5.69 Å². The lowest BCUT2D eigenvalue weighted by Crippen LogP contribution is -2.29. The van der Waals surface area contributed by atoms with E-state index in [1.807, 2.05) is 6.07 Å². The van der Waals surface area contributed by atoms with Crippen molar-refractivity contribution in [1.82, 2.24) is 0 Å². The molecular weight excluding hydrogens is 260 g/mol. The van der Waals surface area contributed by atoms with Gasteiger partial charge < -0.3 is 15.2 Å². The molecule has 1 aliphatic heterocycles. The predicted octanol–water partition coefficient (Wildman–Crippen LogP) is 1.32. The zero-order chi connectivity index (χ0) is 14.5. The molecule has 0 aliphatic carbocycles. The molecule has 0 unspecified atom stereocenters. The summed E-state index contributed by atoms with van der Waals surface area (Å²) in [6, 6.07) is 8.96. The molecule has 1 aliphatic rings. The highest BCUT2D eigenvalue weighted by Gasteiger charge is 2.34. The van der Waals surface area contributed by atoms with Crippen LogP contribution in [-0.4, -0.2) is 29.2 Å². The van der Waals surface area contributed by atoms with Crippen LogP contribution in [0.5, 0.6) is 0 Å². The van der Waals surface area contributed by atoms with Crippen LogP contribution >= 0.6 is 0 Å². The number of carboxylic acid groups (broad SMARTS) is 1. The number of ether oxygens (including phenoxy) is 1. The number of hydrogen-bond donors (Lipinski definition) is 2. The van der Waals surface area contributed by atoms with E-state index < -0.39 is 18.2 Å². The molecular formula is C14H14N2O4. The number of nitrogens with one attached hydrogen (secondary N) is 1. The third-order valence-electron chi connectivity index (χ3n) is 3.09. The van der Waals surface area contributed by atoms with E-state index in [1.54, 1.807) is 24.3 Å². The van der Waals surface area contributed by atoms with Crippen molar-refractivity contribution in [2.45, 2.75) is 31.5 Å². The smallest absolute Gasteiger partial charge is 0.332 e. The van der Waals surface area contributed by atoms with E-state index >= 15 is 0 Å². The number of nitriles is 1. The van der Waals surface area contributed by atoms with Gasteiger partial charge in [-0.1, -0.05) is 12.1 Å². The van der Waals surface area contributed by atoms with Gasteiger partial charge in [-0.3, -0.25) is 4.79 Å². The van der Waals surface area contributed by atoms with Crippen LogP contribution in [0.1, 0.15) is 18.4 Å². The summed E-state index contributed by atoms with van der Waals surface area (Å²) in [5.41, 5.74) is 1.47. The number of rotatable bonds is 4. The maximum Gasteiger partial charge on any atom is 0.332 e. The van der Waals surface area contributed by atoms with E-state index in [2.05, 4.69) is 5.32 Å². The van der Waals surface area contributed by atoms with Gasteiger partial charge in [0, 0.05) is 5.69 Å². The molecule has 20 heavy (non-hydrogen) atoms. The van der Waals surface area contributed by atoms with E-state index in [4.69, 9.17) is 15.1 Å². The number of hydrogen-bond acceptors (Lipinski definition) is 4. The zero-order valence-corrected chi connectivity index (χ0v) is 10.7. The highest BCUT2D eigenvalue weighted by molar-refractivity contribution is 5.94. The average Bonchev–Trinajstić information content (AvgIpc) is 2.91. The van der Waals surface area contributed by atoms with E-state index in [1.165, 1.54) is 0 Å². The van der Waals surface area contributed by atoms with Gasteiger partial charge in [-0.25, -0.2) is 4.79 Å². The Morgan fingerprint density at radius 1 is 1.30 bits per heavy atom. The van der Waals surface area contributed by atoms with Gasteiger partial charge in [0.15, 0.2) is 6.10 Å². The van der Waals surface area contributed by atoms with Crippen LogP contribution in [0.3, 0.4) is 0 Å². The Balaban J connectivity index is 1.92. The Morgan fingerprint density at radius 2 is 1.95 bits per heavy atom. The number of anilines is 1. The standard InChI is InChI=1S/C14H14N2O4/c15-8-7-9-1-3-10(4-2-9)16-13(17)11-5-6-12(20-11)14(18)19/h1-4,11-12H,5-7H2,(H,16,17)(H,18,19)/t11-,12+/m0/s1. The van der Waals surface area contributed by atoms with E-state index in [9.17, 15) is 9.59 Å². The predicted molar refractivity (Wildman–Crippen MR) is 69.9 cm³/mol. The molecule has 0 bridgehead atoms. The van der Waals surface area contributed by atoms with Crippen molar-refractivity contribution >= 4 is 17.6 Å². The van der Waals surface area contributed by atoms with Crippen LogP contribution in [0.2, 0.25) is 0 Å². The van der Waals surface area contributed by atoms with Crippen LogP contribution in [0.25, 0.3) is 0 Å². The zero-order valence-electron chi connectivity index (χ0n) is 10.7. The summed E-state index contributed by atoms with van der Waals surface area (Å²) in [5.74, 6) is -1.39. The van der Waals surface area contributed by atoms with Gasteiger partial charge in [0.05, 0.1) is 12.5 Å². The molecule has 0 radical (unpaired) electrons. The second-order valence-electron chi connectivity index (χ2n) is 4.55. The molecule has 1 fully saturated rings. The van der Waals surface area contributed by atoms with Crippen molar-refractivity contribution in [3.8, 4) is 6.07 Å². The minimum Gasteiger partial charge on any atom is -0.479 e. The lowest BCUT2D eigenvalue weighted by atomic mass is 10.1. The second-order valence-corrected chi connectivity index (χ2v) is 4.55. The van der Waals surface area contributed by atoms with Gasteiger partial charge in [0.25, 0.3) is 5.91 Å². The fourth-order valence-electron chi connectivity index (χ4n) is 2.03. The van der Waals surface area contributed by atoms with Crippen LogP contribution < -0.4 is 5.32 Å². The lowest BCUT2D eigenvalue weighted by Gasteiger charge is -2.12. The number of nitrogens with zero attached hydrogens (tertiary/aromatic N) is 1. The van der Waals surface area contributed by atoms with Crippen LogP contribution in [-0.2, 0) is 20.7 Å². The molecule has 2 atom stereocenters. The third kappa shape index (κ3) is 3.33. The quantitative estimate of drug-likeness (QED) is 0.862. The molecule has 1 aromatic carbocycles. The van der Waals surface area contributed by atoms with Gasteiger partial charge in [0.2, 0.25) is 0 Å². The van der Waals surface area contributed by atoms with Crippen molar-refractivity contribution in [2.75, 3.05) is 5.32 Å². The SMILES string of the molecule is N#CCc1ccc(NC(=O)[C@@H]2CC[C@H](C(=O)O)O2)cc1. The number of aliphatic carboxylic acids is 1.